The van der Waals surface area contributed by atoms with E-state index >= 15 is 4.39 Å². The van der Waals surface area contributed by atoms with Crippen molar-refractivity contribution in [2.24, 2.45) is 0 Å². The Labute approximate surface area is 277 Å². The number of methoxy groups -OCH3 is 2. The Bertz CT molecular complexity index is 1840. The standard InChI is InChI=1S/C34H37ClFN5O6/c1-19(31(44-5)45-6)46-32-38-29-25(17-26(35)27(28(29)36)24-16-22(42)15-20-9-7-8-10-23(20)24)30(39-32)40-13-14-41(21(18-40)11-12-37)33(43)47-34(2,3)4/h7-10,15-17,19,21,31,42H,11,13-14,18H2,1-6H3/t19?,21-/m0/s1. The first-order chi connectivity index (χ1) is 22.3. The predicted molar refractivity (Wildman–Crippen MR) is 176 cm³/mol. The minimum Gasteiger partial charge on any atom is -0.508 e. The molecule has 2 heterocycles. The van der Waals surface area contributed by atoms with E-state index in [-0.39, 0.29) is 47.4 Å². The van der Waals surface area contributed by atoms with Gasteiger partial charge in [-0.1, -0.05) is 35.9 Å². The zero-order valence-corrected chi connectivity index (χ0v) is 27.8. The Kier molecular flexibility index (Phi) is 9.91. The molecule has 0 bridgehead atoms. The summed E-state index contributed by atoms with van der Waals surface area (Å²) < 4.78 is 39.2. The van der Waals surface area contributed by atoms with Crippen LogP contribution in [-0.2, 0) is 14.2 Å². The fourth-order valence-electron chi connectivity index (χ4n) is 5.79. The Morgan fingerprint density at radius 2 is 1.87 bits per heavy atom. The molecule has 11 nitrogen and oxygen atoms in total. The van der Waals surface area contributed by atoms with E-state index in [0.29, 0.717) is 34.1 Å². The molecule has 1 aliphatic heterocycles. The Morgan fingerprint density at radius 1 is 1.15 bits per heavy atom. The summed E-state index contributed by atoms with van der Waals surface area (Å²) in [4.78, 5) is 25.6. The van der Waals surface area contributed by atoms with Crippen LogP contribution in [0.1, 0.15) is 34.1 Å². The minimum atomic E-state index is -0.764. The second-order valence-corrected chi connectivity index (χ2v) is 12.7. The lowest BCUT2D eigenvalue weighted by Crippen LogP contribution is -2.56. The molecule has 1 aliphatic rings. The molecule has 1 fully saturated rings. The van der Waals surface area contributed by atoms with Gasteiger partial charge in [0, 0.05) is 44.8 Å². The van der Waals surface area contributed by atoms with E-state index in [0.717, 1.165) is 0 Å². The molecule has 4 aromatic rings. The number of hydrogen-bond donors (Lipinski definition) is 1. The van der Waals surface area contributed by atoms with Gasteiger partial charge in [0.1, 0.15) is 28.8 Å². The fourth-order valence-corrected chi connectivity index (χ4v) is 6.09. The van der Waals surface area contributed by atoms with E-state index in [1.54, 1.807) is 39.8 Å². The summed E-state index contributed by atoms with van der Waals surface area (Å²) in [5, 5.41) is 21.9. The topological polar surface area (TPSA) is 130 Å². The zero-order valence-electron chi connectivity index (χ0n) is 27.1. The van der Waals surface area contributed by atoms with Gasteiger partial charge in [-0.05, 0) is 62.2 Å². The normalized spacial score (nSPS) is 16.0. The summed E-state index contributed by atoms with van der Waals surface area (Å²) in [5.74, 6) is -0.476. The van der Waals surface area contributed by atoms with Gasteiger partial charge in [0.15, 0.2) is 12.1 Å². The number of carbonyl (C=O) groups excluding carboxylic acids is 1. The molecule has 0 saturated carbocycles. The number of aromatic nitrogens is 2. The molecule has 1 amide bonds. The second kappa shape index (κ2) is 13.7. The highest BCUT2D eigenvalue weighted by Gasteiger charge is 2.35. The number of aromatic hydroxyl groups is 1. The summed E-state index contributed by atoms with van der Waals surface area (Å²) in [6.45, 7) is 7.75. The third kappa shape index (κ3) is 7.12. The first kappa shape index (κ1) is 33.9. The van der Waals surface area contributed by atoms with Gasteiger partial charge in [-0.3, -0.25) is 0 Å². The van der Waals surface area contributed by atoms with Crippen LogP contribution in [0.15, 0.2) is 42.5 Å². The number of nitriles is 1. The number of phenols is 1. The van der Waals surface area contributed by atoms with Crippen molar-refractivity contribution < 1.29 is 33.2 Å². The molecule has 0 radical (unpaired) electrons. The lowest BCUT2D eigenvalue weighted by molar-refractivity contribution is -0.152. The number of rotatable bonds is 8. The monoisotopic (exact) mass is 665 g/mol. The number of phenolic OH excluding ortho intramolecular Hbond substituents is 1. The maximum absolute atomic E-state index is 16.9. The van der Waals surface area contributed by atoms with Gasteiger partial charge in [-0.25, -0.2) is 9.18 Å². The van der Waals surface area contributed by atoms with Gasteiger partial charge in [0.2, 0.25) is 0 Å². The molecule has 3 aromatic carbocycles. The van der Waals surface area contributed by atoms with Crippen LogP contribution in [0.2, 0.25) is 5.02 Å². The number of fused-ring (bicyclic) bond motifs is 2. The average molecular weight is 666 g/mol. The molecule has 13 heteroatoms. The number of amides is 1. The van der Waals surface area contributed by atoms with E-state index in [4.69, 9.17) is 30.5 Å². The van der Waals surface area contributed by atoms with Crippen LogP contribution >= 0.6 is 11.6 Å². The third-order valence-electron chi connectivity index (χ3n) is 7.83. The molecule has 0 aliphatic carbocycles. The molecule has 2 atom stereocenters. The van der Waals surface area contributed by atoms with Crippen LogP contribution < -0.4 is 9.64 Å². The van der Waals surface area contributed by atoms with Crippen molar-refractivity contribution in [1.82, 2.24) is 14.9 Å². The highest BCUT2D eigenvalue weighted by atomic mass is 35.5. The van der Waals surface area contributed by atoms with Crippen LogP contribution in [0.4, 0.5) is 15.0 Å². The highest BCUT2D eigenvalue weighted by Crippen LogP contribution is 2.42. The van der Waals surface area contributed by atoms with Crippen LogP contribution in [0.25, 0.3) is 32.8 Å². The minimum absolute atomic E-state index is 0.0341. The van der Waals surface area contributed by atoms with E-state index in [1.165, 1.54) is 25.2 Å². The van der Waals surface area contributed by atoms with Gasteiger partial charge in [-0.2, -0.15) is 15.2 Å². The second-order valence-electron chi connectivity index (χ2n) is 12.3. The maximum atomic E-state index is 16.9. The average Bonchev–Trinajstić information content (AvgIpc) is 3.01. The van der Waals surface area contributed by atoms with Gasteiger partial charge in [-0.15, -0.1) is 0 Å². The first-order valence-corrected chi connectivity index (χ1v) is 15.5. The number of halogens is 2. The summed E-state index contributed by atoms with van der Waals surface area (Å²) in [6.07, 6.45) is -1.94. The van der Waals surface area contributed by atoms with Crippen LogP contribution in [0, 0.1) is 17.1 Å². The molecule has 0 spiro atoms. The Balaban J connectivity index is 1.66. The van der Waals surface area contributed by atoms with Gasteiger partial charge in [0.05, 0.1) is 23.6 Å². The van der Waals surface area contributed by atoms with Gasteiger partial charge < -0.3 is 33.9 Å². The molecule has 1 saturated heterocycles. The van der Waals surface area contributed by atoms with Crippen molar-refractivity contribution in [2.75, 3.05) is 38.8 Å². The lowest BCUT2D eigenvalue weighted by Gasteiger charge is -2.41. The number of benzene rings is 3. The number of anilines is 1. The molecule has 1 unspecified atom stereocenters. The van der Waals surface area contributed by atoms with Gasteiger partial charge in [0.25, 0.3) is 0 Å². The summed E-state index contributed by atoms with van der Waals surface area (Å²) >= 11 is 6.84. The summed E-state index contributed by atoms with van der Waals surface area (Å²) in [7, 11) is 2.93. The van der Waals surface area contributed by atoms with E-state index < -0.39 is 35.9 Å². The van der Waals surface area contributed by atoms with Crippen molar-refractivity contribution in [1.29, 1.82) is 5.26 Å². The Hall–Kier alpha value is -4.44. The SMILES string of the molecule is COC(OC)C(C)Oc1nc(N2CCN(C(=O)OC(C)(C)C)[C@@H](CC#N)C2)c2cc(Cl)c(-c3cc(O)cc4ccccc34)c(F)c2n1. The summed E-state index contributed by atoms with van der Waals surface area (Å²) in [6, 6.07) is 13.4. The van der Waals surface area contributed by atoms with Crippen molar-refractivity contribution >= 4 is 45.2 Å². The molecule has 1 N–H and O–H groups in total. The zero-order chi connectivity index (χ0) is 34.0. The Morgan fingerprint density at radius 3 is 2.55 bits per heavy atom. The molecule has 47 heavy (non-hydrogen) atoms. The smallest absolute Gasteiger partial charge is 0.410 e. The first-order valence-electron chi connectivity index (χ1n) is 15.1. The highest BCUT2D eigenvalue weighted by molar-refractivity contribution is 6.35. The van der Waals surface area contributed by atoms with Gasteiger partial charge >= 0.3 is 12.1 Å². The van der Waals surface area contributed by atoms with Crippen LogP contribution in [0.5, 0.6) is 11.8 Å². The van der Waals surface area contributed by atoms with Crippen molar-refractivity contribution in [3.63, 3.8) is 0 Å². The van der Waals surface area contributed by atoms with E-state index in [9.17, 15) is 15.2 Å². The number of nitrogens with zero attached hydrogens (tertiary/aromatic N) is 5. The van der Waals surface area contributed by atoms with Crippen LogP contribution in [0.3, 0.4) is 0 Å². The quantitative estimate of drug-likeness (QED) is 0.204. The fraction of sp³-hybridized carbons (Fsp3) is 0.412. The lowest BCUT2D eigenvalue weighted by atomic mass is 9.96. The molecular weight excluding hydrogens is 629 g/mol. The number of hydrogen-bond acceptors (Lipinski definition) is 10. The maximum Gasteiger partial charge on any atom is 0.410 e. The molecular formula is C34H37ClFN5O6. The number of carbonyl (C=O) groups is 1. The van der Waals surface area contributed by atoms with Crippen molar-refractivity contribution in [3.05, 3.63) is 53.3 Å². The number of piperazine rings is 1. The van der Waals surface area contributed by atoms with Crippen molar-refractivity contribution in [3.8, 4) is 29.0 Å². The predicted octanol–water partition coefficient (Wildman–Crippen LogP) is 6.67. The van der Waals surface area contributed by atoms with E-state index in [1.807, 2.05) is 29.2 Å². The summed E-state index contributed by atoms with van der Waals surface area (Å²) in [5.41, 5.74) is -0.341. The molecule has 5 rings (SSSR count). The van der Waals surface area contributed by atoms with Crippen molar-refractivity contribution in [2.45, 2.75) is 58.2 Å². The third-order valence-corrected chi connectivity index (χ3v) is 8.13. The number of ether oxygens (including phenoxy) is 4. The van der Waals surface area contributed by atoms with E-state index in [2.05, 4.69) is 16.0 Å². The van der Waals surface area contributed by atoms with Crippen LogP contribution in [-0.4, -0.2) is 84.0 Å². The largest absolute Gasteiger partial charge is 0.508 e. The molecule has 1 aromatic heterocycles. The molecule has 248 valence electrons.